The zero-order chi connectivity index (χ0) is 28.5. The van der Waals surface area contributed by atoms with Crippen LogP contribution in [0.4, 0.5) is 17.6 Å². The number of hydrogen-bond acceptors (Lipinski definition) is 7. The fourth-order valence-corrected chi connectivity index (χ4v) is 7.52. The molecule has 3 aromatic carbocycles. The first-order valence-electron chi connectivity index (χ1n) is 10.7. The summed E-state index contributed by atoms with van der Waals surface area (Å²) in [6.07, 6.45) is 0. The summed E-state index contributed by atoms with van der Waals surface area (Å²) >= 11 is 0. The van der Waals surface area contributed by atoms with Gasteiger partial charge in [0.15, 0.2) is 0 Å². The van der Waals surface area contributed by atoms with E-state index in [0.29, 0.717) is 0 Å². The maximum absolute atomic E-state index is 14.4. The number of benzene rings is 3. The monoisotopic (exact) mass is 595 g/mol. The van der Waals surface area contributed by atoms with E-state index in [1.807, 2.05) is 0 Å². The van der Waals surface area contributed by atoms with Gasteiger partial charge in [-0.25, -0.2) is 34.4 Å². The van der Waals surface area contributed by atoms with Crippen LogP contribution >= 0.6 is 0 Å². The molecule has 0 bridgehead atoms. The molecule has 1 unspecified atom stereocenters. The van der Waals surface area contributed by atoms with Crippen LogP contribution in [0.2, 0.25) is 0 Å². The van der Waals surface area contributed by atoms with Crippen LogP contribution < -0.4 is 9.46 Å². The fourth-order valence-electron chi connectivity index (χ4n) is 3.39. The van der Waals surface area contributed by atoms with Gasteiger partial charge in [-0.3, -0.25) is 0 Å². The van der Waals surface area contributed by atoms with Gasteiger partial charge < -0.3 is 4.74 Å². The molecule has 0 amide bonds. The van der Waals surface area contributed by atoms with Crippen LogP contribution in [0.25, 0.3) is 0 Å². The van der Waals surface area contributed by atoms with E-state index in [0.717, 1.165) is 55.5 Å². The van der Waals surface area contributed by atoms with Crippen LogP contribution in [0.5, 0.6) is 5.75 Å². The first kappa shape index (κ1) is 29.5. The molecule has 15 heteroatoms. The predicted octanol–water partition coefficient (Wildman–Crippen LogP) is 4.39. The Bertz CT molecular complexity index is 1650. The van der Waals surface area contributed by atoms with Crippen molar-refractivity contribution in [1.29, 1.82) is 0 Å². The molecule has 1 N–H and O–H groups in total. The molecule has 3 rings (SSSR count). The molecule has 0 aromatic heterocycles. The smallest absolute Gasteiger partial charge is 0.494 e. The molecular weight excluding hydrogens is 574 g/mol. The van der Waals surface area contributed by atoms with Crippen molar-refractivity contribution < 1.29 is 47.6 Å². The molecule has 0 radical (unpaired) electrons. The Morgan fingerprint density at radius 2 is 1.42 bits per heavy atom. The molecule has 206 valence electrons. The highest BCUT2D eigenvalue weighted by molar-refractivity contribution is 7.94. The second-order valence-electron chi connectivity index (χ2n) is 7.84. The number of sulfone groups is 2. The Labute approximate surface area is 217 Å². The summed E-state index contributed by atoms with van der Waals surface area (Å²) in [4.78, 5) is -2.64. The molecule has 0 saturated heterocycles. The third kappa shape index (κ3) is 5.85. The van der Waals surface area contributed by atoms with E-state index in [2.05, 4.69) is 0 Å². The zero-order valence-corrected chi connectivity index (χ0v) is 22.2. The van der Waals surface area contributed by atoms with Crippen molar-refractivity contribution in [2.45, 2.75) is 45.0 Å². The summed E-state index contributed by atoms with van der Waals surface area (Å²) in [5, 5.41) is 0. The van der Waals surface area contributed by atoms with E-state index in [1.54, 1.807) is 6.92 Å². The minimum Gasteiger partial charge on any atom is -0.494 e. The normalized spacial score (nSPS) is 13.7. The van der Waals surface area contributed by atoms with Crippen molar-refractivity contribution in [1.82, 2.24) is 4.72 Å². The van der Waals surface area contributed by atoms with Gasteiger partial charge in [-0.15, -0.1) is 0 Å². The lowest BCUT2D eigenvalue weighted by Gasteiger charge is -2.17. The van der Waals surface area contributed by atoms with Crippen molar-refractivity contribution in [2.24, 2.45) is 0 Å². The molecule has 8 nitrogen and oxygen atoms in total. The first-order valence-corrected chi connectivity index (χ1v) is 15.2. The number of hydrogen-bond donors (Lipinski definition) is 1. The average Bonchev–Trinajstić information content (AvgIpc) is 2.83. The molecule has 1 atom stereocenters. The minimum absolute atomic E-state index is 0.00247. The molecule has 0 aliphatic rings. The van der Waals surface area contributed by atoms with Gasteiger partial charge in [0.05, 0.1) is 21.3 Å². The Balaban J connectivity index is 2.09. The quantitative estimate of drug-likeness (QED) is 0.364. The number of ether oxygens (including phenoxy) is 1. The van der Waals surface area contributed by atoms with E-state index in [-0.39, 0.29) is 17.9 Å². The average molecular weight is 596 g/mol. The summed E-state index contributed by atoms with van der Waals surface area (Å²) in [5.74, 6) is -1.08. The number of nitrogens with one attached hydrogen (secondary N) is 1. The molecular formula is C23H21F4NO7S3. The second kappa shape index (κ2) is 10.6. The lowest BCUT2D eigenvalue weighted by molar-refractivity contribution is -0.0450. The summed E-state index contributed by atoms with van der Waals surface area (Å²) < 4.78 is 136. The van der Waals surface area contributed by atoms with Gasteiger partial charge in [-0.05, 0) is 55.8 Å². The summed E-state index contributed by atoms with van der Waals surface area (Å²) in [7, 11) is -15.0. The number of halogens is 4. The topological polar surface area (TPSA) is 124 Å². The lowest BCUT2D eigenvalue weighted by Crippen LogP contribution is -2.37. The molecule has 0 saturated carbocycles. The van der Waals surface area contributed by atoms with Gasteiger partial charge in [0, 0.05) is 12.1 Å². The molecule has 38 heavy (non-hydrogen) atoms. The standard InChI is InChI=1S/C23H21F4NO7S3/c1-3-35-17-10-13-21(22(14-17)37(31,32)20-7-5-4-6-19(20)24)36(29,30)18-11-8-16(9-12-18)15(2)28-38(33,34)23(25,26)27/h4-15,28H,3H2,1-2H3. The van der Waals surface area contributed by atoms with Crippen LogP contribution in [0.3, 0.4) is 0 Å². The largest absolute Gasteiger partial charge is 0.511 e. The fraction of sp³-hybridized carbons (Fsp3) is 0.217. The number of sulfonamides is 1. The summed E-state index contributed by atoms with van der Waals surface area (Å²) in [6.45, 7) is 2.87. The highest BCUT2D eigenvalue weighted by Gasteiger charge is 2.46. The van der Waals surface area contributed by atoms with Gasteiger partial charge in [-0.1, -0.05) is 24.3 Å². The van der Waals surface area contributed by atoms with E-state index in [9.17, 15) is 42.8 Å². The Hall–Kier alpha value is -3.01. The van der Waals surface area contributed by atoms with Crippen LogP contribution in [-0.4, -0.2) is 37.4 Å². The highest BCUT2D eigenvalue weighted by atomic mass is 32.2. The molecule has 0 aliphatic heterocycles. The number of alkyl halides is 3. The maximum Gasteiger partial charge on any atom is 0.511 e. The third-order valence-corrected chi connectivity index (χ3v) is 10.3. The van der Waals surface area contributed by atoms with Gasteiger partial charge in [-0.2, -0.15) is 13.2 Å². The molecule has 3 aromatic rings. The van der Waals surface area contributed by atoms with Gasteiger partial charge in [0.1, 0.15) is 16.5 Å². The highest BCUT2D eigenvalue weighted by Crippen LogP contribution is 2.35. The van der Waals surface area contributed by atoms with E-state index < -0.39 is 66.6 Å². The maximum atomic E-state index is 14.4. The number of rotatable bonds is 9. The lowest BCUT2D eigenvalue weighted by atomic mass is 10.1. The van der Waals surface area contributed by atoms with Gasteiger partial charge >= 0.3 is 15.5 Å². The van der Waals surface area contributed by atoms with Crippen LogP contribution in [0, 0.1) is 5.82 Å². The Morgan fingerprint density at radius 1 is 0.816 bits per heavy atom. The van der Waals surface area contributed by atoms with Crippen molar-refractivity contribution in [3.8, 4) is 5.75 Å². The van der Waals surface area contributed by atoms with Crippen LogP contribution in [0.1, 0.15) is 25.5 Å². The molecule has 0 spiro atoms. The van der Waals surface area contributed by atoms with E-state index in [4.69, 9.17) is 4.74 Å². The second-order valence-corrected chi connectivity index (χ2v) is 13.3. The van der Waals surface area contributed by atoms with Gasteiger partial charge in [0.2, 0.25) is 19.7 Å². The zero-order valence-electron chi connectivity index (χ0n) is 19.7. The van der Waals surface area contributed by atoms with Crippen LogP contribution in [-0.2, 0) is 29.7 Å². The predicted molar refractivity (Wildman–Crippen MR) is 128 cm³/mol. The Kier molecular flexibility index (Phi) is 8.27. The Morgan fingerprint density at radius 3 is 1.97 bits per heavy atom. The van der Waals surface area contributed by atoms with E-state index in [1.165, 1.54) is 22.9 Å². The van der Waals surface area contributed by atoms with E-state index >= 15 is 0 Å². The molecule has 0 heterocycles. The first-order chi connectivity index (χ1) is 17.5. The minimum atomic E-state index is -5.66. The summed E-state index contributed by atoms with van der Waals surface area (Å²) in [5.41, 5.74) is -5.54. The third-order valence-electron chi connectivity index (χ3n) is 5.26. The molecule has 0 aliphatic carbocycles. The van der Waals surface area contributed by atoms with Crippen molar-refractivity contribution in [3.05, 3.63) is 78.1 Å². The van der Waals surface area contributed by atoms with Crippen molar-refractivity contribution in [2.75, 3.05) is 6.61 Å². The van der Waals surface area contributed by atoms with Crippen molar-refractivity contribution in [3.63, 3.8) is 0 Å². The SMILES string of the molecule is CCOc1ccc(S(=O)(=O)c2ccc(C(C)NS(=O)(=O)C(F)(F)F)cc2)c(S(=O)(=O)c2ccccc2F)c1. The van der Waals surface area contributed by atoms with Gasteiger partial charge in [0.25, 0.3) is 0 Å². The summed E-state index contributed by atoms with van der Waals surface area (Å²) in [6, 6.07) is 10.3. The van der Waals surface area contributed by atoms with Crippen LogP contribution in [0.15, 0.2) is 86.3 Å². The molecule has 0 fully saturated rings. The van der Waals surface area contributed by atoms with Crippen molar-refractivity contribution >= 4 is 29.7 Å².